The summed E-state index contributed by atoms with van der Waals surface area (Å²) in [6, 6.07) is 1.39. The van der Waals surface area contributed by atoms with Gasteiger partial charge in [0, 0.05) is 26.3 Å². The predicted molar refractivity (Wildman–Crippen MR) is 88.8 cm³/mol. The molecule has 7 nitrogen and oxygen atoms in total. The first-order valence-corrected chi connectivity index (χ1v) is 9.42. The maximum Gasteiger partial charge on any atom is 0.267 e. The molecule has 1 aromatic rings. The van der Waals surface area contributed by atoms with E-state index in [1.807, 2.05) is 0 Å². The van der Waals surface area contributed by atoms with Crippen LogP contribution in [0.5, 0.6) is 0 Å². The summed E-state index contributed by atoms with van der Waals surface area (Å²) in [7, 11) is -0.524. The highest BCUT2D eigenvalue weighted by molar-refractivity contribution is 7.89. The molecule has 1 fully saturated rings. The Hall–Kier alpha value is -1.38. The van der Waals surface area contributed by atoms with Gasteiger partial charge in [0.15, 0.2) is 0 Å². The Labute approximate surface area is 138 Å². The third-order valence-corrected chi connectivity index (χ3v) is 5.76. The number of amides is 1. The highest BCUT2D eigenvalue weighted by Gasteiger charge is 2.19. The molecule has 1 aliphatic rings. The monoisotopic (exact) mass is 342 g/mol. The molecule has 0 saturated carbocycles. The van der Waals surface area contributed by atoms with Gasteiger partial charge in [-0.3, -0.25) is 4.79 Å². The van der Waals surface area contributed by atoms with Gasteiger partial charge < -0.3 is 14.8 Å². The van der Waals surface area contributed by atoms with E-state index >= 15 is 0 Å². The predicted octanol–water partition coefficient (Wildman–Crippen LogP) is 0.395. The van der Waals surface area contributed by atoms with Crippen molar-refractivity contribution >= 4 is 15.9 Å². The summed E-state index contributed by atoms with van der Waals surface area (Å²) >= 11 is 0. The molecular weight excluding hydrogens is 316 g/mol. The molecule has 0 radical (unpaired) electrons. The van der Waals surface area contributed by atoms with E-state index in [1.54, 1.807) is 7.05 Å². The molecule has 0 aromatic carbocycles. The number of piperidine rings is 1. The average molecular weight is 342 g/mol. The van der Waals surface area contributed by atoms with Crippen molar-refractivity contribution in [2.45, 2.75) is 24.7 Å². The summed E-state index contributed by atoms with van der Waals surface area (Å²) in [6.45, 7) is 5.81. The highest BCUT2D eigenvalue weighted by Crippen LogP contribution is 2.15. The molecule has 1 amide bonds. The van der Waals surface area contributed by atoms with Gasteiger partial charge in [-0.15, -0.1) is 0 Å². The lowest BCUT2D eigenvalue weighted by molar-refractivity contribution is 0.0936. The SMILES string of the molecule is CNS(=O)(=O)c1cc(C(=O)NCCN2CCC(C)CC2)n(C)c1. The molecule has 0 bridgehead atoms. The molecule has 1 saturated heterocycles. The fraction of sp³-hybridized carbons (Fsp3) is 0.667. The zero-order chi connectivity index (χ0) is 17.0. The minimum Gasteiger partial charge on any atom is -0.349 e. The first kappa shape index (κ1) is 18.0. The molecule has 1 aliphatic heterocycles. The van der Waals surface area contributed by atoms with Crippen LogP contribution in [0.3, 0.4) is 0 Å². The topological polar surface area (TPSA) is 83.4 Å². The fourth-order valence-corrected chi connectivity index (χ4v) is 3.53. The van der Waals surface area contributed by atoms with Crippen LogP contribution in [-0.4, -0.2) is 57.0 Å². The van der Waals surface area contributed by atoms with Crippen molar-refractivity contribution in [2.24, 2.45) is 13.0 Å². The van der Waals surface area contributed by atoms with E-state index in [4.69, 9.17) is 0 Å². The summed E-state index contributed by atoms with van der Waals surface area (Å²) in [5, 5.41) is 2.86. The van der Waals surface area contributed by atoms with Crippen LogP contribution in [-0.2, 0) is 17.1 Å². The number of likely N-dealkylation sites (tertiary alicyclic amines) is 1. The van der Waals surface area contributed by atoms with E-state index in [0.29, 0.717) is 12.2 Å². The van der Waals surface area contributed by atoms with Crippen LogP contribution in [0.1, 0.15) is 30.3 Å². The van der Waals surface area contributed by atoms with Gasteiger partial charge in [-0.2, -0.15) is 0 Å². The van der Waals surface area contributed by atoms with Crippen molar-refractivity contribution in [3.8, 4) is 0 Å². The van der Waals surface area contributed by atoms with Crippen LogP contribution in [0.15, 0.2) is 17.2 Å². The number of carbonyl (C=O) groups is 1. The van der Waals surface area contributed by atoms with Crippen LogP contribution in [0, 0.1) is 5.92 Å². The zero-order valence-electron chi connectivity index (χ0n) is 14.0. The van der Waals surface area contributed by atoms with Crippen molar-refractivity contribution in [3.05, 3.63) is 18.0 Å². The second-order valence-corrected chi connectivity index (χ2v) is 8.05. The molecule has 0 atom stereocenters. The lowest BCUT2D eigenvalue weighted by Crippen LogP contribution is -2.39. The smallest absolute Gasteiger partial charge is 0.267 e. The van der Waals surface area contributed by atoms with E-state index in [1.165, 1.54) is 36.7 Å². The van der Waals surface area contributed by atoms with Crippen molar-refractivity contribution < 1.29 is 13.2 Å². The number of sulfonamides is 1. The van der Waals surface area contributed by atoms with Crippen molar-refractivity contribution in [1.82, 2.24) is 19.5 Å². The Morgan fingerprint density at radius 1 is 1.35 bits per heavy atom. The van der Waals surface area contributed by atoms with E-state index in [2.05, 4.69) is 21.9 Å². The van der Waals surface area contributed by atoms with Crippen molar-refractivity contribution in [2.75, 3.05) is 33.2 Å². The van der Waals surface area contributed by atoms with Crippen LogP contribution < -0.4 is 10.0 Å². The minimum absolute atomic E-state index is 0.0951. The van der Waals surface area contributed by atoms with Gasteiger partial charge in [-0.1, -0.05) is 6.92 Å². The highest BCUT2D eigenvalue weighted by atomic mass is 32.2. The van der Waals surface area contributed by atoms with Crippen LogP contribution in [0.2, 0.25) is 0 Å². The number of hydrogen-bond donors (Lipinski definition) is 2. The molecule has 0 aliphatic carbocycles. The van der Waals surface area contributed by atoms with Crippen molar-refractivity contribution in [1.29, 1.82) is 0 Å². The molecule has 2 heterocycles. The number of carbonyl (C=O) groups excluding carboxylic acids is 1. The first-order chi connectivity index (χ1) is 10.8. The normalized spacial score (nSPS) is 17.3. The molecule has 2 N–H and O–H groups in total. The Kier molecular flexibility index (Phi) is 5.83. The second kappa shape index (κ2) is 7.46. The Balaban J connectivity index is 1.89. The minimum atomic E-state index is -3.54. The quantitative estimate of drug-likeness (QED) is 0.784. The third kappa shape index (κ3) is 4.55. The lowest BCUT2D eigenvalue weighted by atomic mass is 9.99. The maximum atomic E-state index is 12.2. The summed E-state index contributed by atoms with van der Waals surface area (Å²) in [6.07, 6.45) is 3.85. The van der Waals surface area contributed by atoms with Gasteiger partial charge in [0.2, 0.25) is 10.0 Å². The molecule has 8 heteroatoms. The van der Waals surface area contributed by atoms with Crippen LogP contribution in [0.4, 0.5) is 0 Å². The Morgan fingerprint density at radius 3 is 2.61 bits per heavy atom. The van der Waals surface area contributed by atoms with Crippen LogP contribution in [0.25, 0.3) is 0 Å². The number of nitrogens with one attached hydrogen (secondary N) is 2. The standard InChI is InChI=1S/C15H26N4O3S/c1-12-4-7-19(8-5-12)9-6-17-15(20)14-10-13(11-18(14)3)23(21,22)16-2/h10-12,16H,4-9H2,1-3H3,(H,17,20). The molecule has 1 aromatic heterocycles. The summed E-state index contributed by atoms with van der Waals surface area (Å²) < 4.78 is 27.3. The van der Waals surface area contributed by atoms with Gasteiger partial charge in [0.1, 0.15) is 10.6 Å². The molecule has 23 heavy (non-hydrogen) atoms. The van der Waals surface area contributed by atoms with Gasteiger partial charge in [-0.05, 0) is 45.0 Å². The summed E-state index contributed by atoms with van der Waals surface area (Å²) in [4.78, 5) is 14.7. The van der Waals surface area contributed by atoms with Gasteiger partial charge in [0.05, 0.1) is 0 Å². The Bertz CT molecular complexity index is 646. The number of aromatic nitrogens is 1. The maximum absolute atomic E-state index is 12.2. The van der Waals surface area contributed by atoms with E-state index in [9.17, 15) is 13.2 Å². The average Bonchev–Trinajstić information content (AvgIpc) is 2.92. The molecule has 0 spiro atoms. The zero-order valence-corrected chi connectivity index (χ0v) is 14.8. The van der Waals surface area contributed by atoms with Gasteiger partial charge in [-0.25, -0.2) is 13.1 Å². The van der Waals surface area contributed by atoms with Crippen LogP contribution >= 0.6 is 0 Å². The Morgan fingerprint density at radius 2 is 2.00 bits per heavy atom. The molecule has 0 unspecified atom stereocenters. The fourth-order valence-electron chi connectivity index (χ4n) is 2.73. The molecule has 2 rings (SSSR count). The summed E-state index contributed by atoms with van der Waals surface area (Å²) in [5.41, 5.74) is 0.339. The number of aryl methyl sites for hydroxylation is 1. The lowest BCUT2D eigenvalue weighted by Gasteiger charge is -2.30. The van der Waals surface area contributed by atoms with Gasteiger partial charge in [0.25, 0.3) is 5.91 Å². The number of nitrogens with zero attached hydrogens (tertiary/aromatic N) is 2. The van der Waals surface area contributed by atoms with Crippen molar-refractivity contribution in [3.63, 3.8) is 0 Å². The van der Waals surface area contributed by atoms with E-state index in [0.717, 1.165) is 25.6 Å². The van der Waals surface area contributed by atoms with E-state index in [-0.39, 0.29) is 10.8 Å². The first-order valence-electron chi connectivity index (χ1n) is 7.94. The second-order valence-electron chi connectivity index (χ2n) is 6.16. The van der Waals surface area contributed by atoms with E-state index < -0.39 is 10.0 Å². The van der Waals surface area contributed by atoms with Gasteiger partial charge >= 0.3 is 0 Å². The molecule has 130 valence electrons. The number of rotatable bonds is 6. The number of hydrogen-bond acceptors (Lipinski definition) is 4. The third-order valence-electron chi connectivity index (χ3n) is 4.38. The largest absolute Gasteiger partial charge is 0.349 e. The molecular formula is C15H26N4O3S. The summed E-state index contributed by atoms with van der Waals surface area (Å²) in [5.74, 6) is 0.534.